The average Bonchev–Trinajstić information content (AvgIpc) is 3.32. The van der Waals surface area contributed by atoms with Gasteiger partial charge in [-0.05, 0) is 37.4 Å². The molecule has 0 radical (unpaired) electrons. The number of nitriles is 1. The lowest BCUT2D eigenvalue weighted by Gasteiger charge is -2.28. The second-order valence-electron chi connectivity index (χ2n) is 7.07. The molecule has 35 heavy (non-hydrogen) atoms. The Labute approximate surface area is 207 Å². The van der Waals surface area contributed by atoms with E-state index in [1.807, 2.05) is 5.38 Å². The van der Waals surface area contributed by atoms with Crippen LogP contribution in [0.1, 0.15) is 24.6 Å². The summed E-state index contributed by atoms with van der Waals surface area (Å²) in [5, 5.41) is 17.5. The molecule has 0 fully saturated rings. The molecule has 1 atom stereocenters. The first-order valence-corrected chi connectivity index (χ1v) is 12.1. The Morgan fingerprint density at radius 2 is 2.00 bits per heavy atom. The van der Waals surface area contributed by atoms with Crippen molar-refractivity contribution in [2.75, 3.05) is 17.7 Å². The molecule has 0 bridgehead atoms. The van der Waals surface area contributed by atoms with E-state index in [1.165, 1.54) is 29.5 Å². The number of carbonyl (C=O) groups is 2. The van der Waals surface area contributed by atoms with E-state index in [1.54, 1.807) is 26.0 Å². The number of allylic oxidation sites excluding steroid dienone is 2. The summed E-state index contributed by atoms with van der Waals surface area (Å²) in [7, 11) is 0. The molecule has 0 aliphatic carbocycles. The van der Waals surface area contributed by atoms with E-state index in [0.29, 0.717) is 16.3 Å². The van der Waals surface area contributed by atoms with Gasteiger partial charge in [0.1, 0.15) is 0 Å². The second kappa shape index (κ2) is 11.3. The van der Waals surface area contributed by atoms with E-state index in [-0.39, 0.29) is 23.6 Å². The topological polar surface area (TPSA) is 100 Å². The summed E-state index contributed by atoms with van der Waals surface area (Å²) in [6, 6.07) is 10.9. The fourth-order valence-corrected chi connectivity index (χ4v) is 5.09. The van der Waals surface area contributed by atoms with Crippen LogP contribution in [0.4, 0.5) is 18.9 Å². The molecule has 7 nitrogen and oxygen atoms in total. The Kier molecular flexibility index (Phi) is 8.48. The number of anilines is 1. The molecular weight excluding hydrogens is 503 g/mol. The number of esters is 1. The number of carbonyl (C=O) groups excluding carboxylic acids is 2. The molecule has 1 aliphatic heterocycles. The van der Waals surface area contributed by atoms with Crippen LogP contribution in [0, 0.1) is 11.3 Å². The highest BCUT2D eigenvalue weighted by Crippen LogP contribution is 2.42. The lowest BCUT2D eigenvalue weighted by atomic mass is 9.87. The standard InChI is InChI=1S/C23H20F3N3O4S2/c1-3-32-22(31)19-13(2)28-21(14(11-27)20(19)17-9-6-10-34-17)35-12-18(30)29-15-7-4-5-8-16(15)33-23(24,25)26/h4-10,20,28H,3,12H2,1-2H3,(H,29,30). The van der Waals surface area contributed by atoms with Crippen molar-refractivity contribution in [1.82, 2.24) is 5.32 Å². The number of amides is 1. The number of halogens is 3. The van der Waals surface area contributed by atoms with Gasteiger partial charge in [0, 0.05) is 10.6 Å². The third-order valence-electron chi connectivity index (χ3n) is 4.70. The Balaban J connectivity index is 1.81. The van der Waals surface area contributed by atoms with Gasteiger partial charge in [-0.15, -0.1) is 24.5 Å². The van der Waals surface area contributed by atoms with Crippen molar-refractivity contribution in [1.29, 1.82) is 5.26 Å². The van der Waals surface area contributed by atoms with Gasteiger partial charge < -0.3 is 20.1 Å². The maximum Gasteiger partial charge on any atom is 0.573 e. The number of hydrogen-bond donors (Lipinski definition) is 2. The SMILES string of the molecule is CCOC(=O)C1=C(C)NC(SCC(=O)Nc2ccccc2OC(F)(F)F)=C(C#N)C1c1cccs1. The molecule has 3 rings (SSSR count). The van der Waals surface area contributed by atoms with Gasteiger partial charge in [-0.25, -0.2) is 4.79 Å². The number of thiophene rings is 1. The summed E-state index contributed by atoms with van der Waals surface area (Å²) in [5.41, 5.74) is 0.879. The van der Waals surface area contributed by atoms with Crippen molar-refractivity contribution in [2.24, 2.45) is 0 Å². The highest BCUT2D eigenvalue weighted by molar-refractivity contribution is 8.03. The van der Waals surface area contributed by atoms with E-state index in [4.69, 9.17) is 4.74 Å². The zero-order chi connectivity index (χ0) is 25.6. The van der Waals surface area contributed by atoms with Gasteiger partial charge in [-0.3, -0.25) is 4.79 Å². The second-order valence-corrected chi connectivity index (χ2v) is 9.03. The van der Waals surface area contributed by atoms with Crippen molar-refractivity contribution in [3.05, 3.63) is 68.5 Å². The number of para-hydroxylation sites is 2. The van der Waals surface area contributed by atoms with Crippen molar-refractivity contribution in [3.63, 3.8) is 0 Å². The fraction of sp³-hybridized carbons (Fsp3) is 0.261. The molecule has 1 unspecified atom stereocenters. The number of hydrogen-bond acceptors (Lipinski definition) is 8. The Bertz CT molecular complexity index is 1200. The first-order valence-electron chi connectivity index (χ1n) is 10.2. The van der Waals surface area contributed by atoms with Crippen LogP contribution < -0.4 is 15.4 Å². The lowest BCUT2D eigenvalue weighted by molar-refractivity contribution is -0.274. The molecule has 2 N–H and O–H groups in total. The number of rotatable bonds is 8. The quantitative estimate of drug-likeness (QED) is 0.454. The number of nitrogens with zero attached hydrogens (tertiary/aromatic N) is 1. The summed E-state index contributed by atoms with van der Waals surface area (Å²) in [4.78, 5) is 26.0. The third kappa shape index (κ3) is 6.58. The molecule has 12 heteroatoms. The van der Waals surface area contributed by atoms with Crippen LogP contribution in [0.5, 0.6) is 5.75 Å². The molecule has 1 aromatic heterocycles. The first-order chi connectivity index (χ1) is 16.6. The summed E-state index contributed by atoms with van der Waals surface area (Å²) < 4.78 is 47.1. The molecule has 184 valence electrons. The van der Waals surface area contributed by atoms with Crippen molar-refractivity contribution in [2.45, 2.75) is 26.1 Å². The fourth-order valence-electron chi connectivity index (χ4n) is 3.35. The van der Waals surface area contributed by atoms with E-state index in [0.717, 1.165) is 22.7 Å². The van der Waals surface area contributed by atoms with Crippen molar-refractivity contribution >= 4 is 40.7 Å². The number of dihydropyridines is 1. The molecule has 0 saturated heterocycles. The Morgan fingerprint density at radius 3 is 2.63 bits per heavy atom. The predicted molar refractivity (Wildman–Crippen MR) is 126 cm³/mol. The predicted octanol–water partition coefficient (Wildman–Crippen LogP) is 5.28. The van der Waals surface area contributed by atoms with Gasteiger partial charge in [0.05, 0.1) is 46.2 Å². The Hall–Kier alpha value is -3.43. The summed E-state index contributed by atoms with van der Waals surface area (Å²) in [5.74, 6) is -2.59. The normalized spacial score (nSPS) is 15.8. The smallest absolute Gasteiger partial charge is 0.463 e. The number of thioether (sulfide) groups is 1. The number of ether oxygens (including phenoxy) is 2. The molecule has 1 amide bonds. The lowest BCUT2D eigenvalue weighted by Crippen LogP contribution is -2.29. The van der Waals surface area contributed by atoms with Crippen molar-refractivity contribution in [3.8, 4) is 11.8 Å². The van der Waals surface area contributed by atoms with Gasteiger partial charge in [0.25, 0.3) is 0 Å². The zero-order valence-corrected chi connectivity index (χ0v) is 20.2. The maximum atomic E-state index is 12.7. The highest BCUT2D eigenvalue weighted by atomic mass is 32.2. The summed E-state index contributed by atoms with van der Waals surface area (Å²) in [6.45, 7) is 3.52. The van der Waals surface area contributed by atoms with Crippen LogP contribution in [0.25, 0.3) is 0 Å². The summed E-state index contributed by atoms with van der Waals surface area (Å²) >= 11 is 2.37. The third-order valence-corrected chi connectivity index (χ3v) is 6.66. The van der Waals surface area contributed by atoms with E-state index in [2.05, 4.69) is 21.4 Å². The molecular formula is C23H20F3N3O4S2. The van der Waals surface area contributed by atoms with Crippen LogP contribution >= 0.6 is 23.1 Å². The maximum absolute atomic E-state index is 12.7. The number of nitrogens with one attached hydrogen (secondary N) is 2. The molecule has 1 aromatic carbocycles. The number of benzene rings is 1. The average molecular weight is 524 g/mol. The van der Waals surface area contributed by atoms with Crippen LogP contribution in [-0.4, -0.2) is 30.6 Å². The minimum Gasteiger partial charge on any atom is -0.463 e. The molecule has 2 heterocycles. The Morgan fingerprint density at radius 1 is 1.26 bits per heavy atom. The van der Waals surface area contributed by atoms with Gasteiger partial charge in [0.2, 0.25) is 5.91 Å². The minimum atomic E-state index is -4.91. The van der Waals surface area contributed by atoms with E-state index in [9.17, 15) is 28.0 Å². The monoisotopic (exact) mass is 523 g/mol. The number of alkyl halides is 3. The largest absolute Gasteiger partial charge is 0.573 e. The molecule has 0 spiro atoms. The van der Waals surface area contributed by atoms with Crippen LogP contribution in [-0.2, 0) is 14.3 Å². The molecule has 1 aliphatic rings. The summed E-state index contributed by atoms with van der Waals surface area (Å²) in [6.07, 6.45) is -4.91. The van der Waals surface area contributed by atoms with E-state index < -0.39 is 29.9 Å². The van der Waals surface area contributed by atoms with Gasteiger partial charge in [0.15, 0.2) is 5.75 Å². The van der Waals surface area contributed by atoms with Crippen LogP contribution in [0.3, 0.4) is 0 Å². The van der Waals surface area contributed by atoms with Gasteiger partial charge >= 0.3 is 12.3 Å². The van der Waals surface area contributed by atoms with Crippen LogP contribution in [0.15, 0.2) is 63.7 Å². The van der Waals surface area contributed by atoms with E-state index >= 15 is 0 Å². The molecule has 0 saturated carbocycles. The minimum absolute atomic E-state index is 0.140. The van der Waals surface area contributed by atoms with Crippen LogP contribution in [0.2, 0.25) is 0 Å². The first kappa shape index (κ1) is 26.2. The zero-order valence-electron chi connectivity index (χ0n) is 18.6. The highest BCUT2D eigenvalue weighted by Gasteiger charge is 2.36. The van der Waals surface area contributed by atoms with Gasteiger partial charge in [-0.2, -0.15) is 5.26 Å². The van der Waals surface area contributed by atoms with Crippen molar-refractivity contribution < 1.29 is 32.2 Å². The molecule has 2 aromatic rings. The van der Waals surface area contributed by atoms with Gasteiger partial charge in [-0.1, -0.05) is 30.0 Å².